The Morgan fingerprint density at radius 2 is 1.69 bits per heavy atom. The first-order chi connectivity index (χ1) is 17.3. The van der Waals surface area contributed by atoms with Gasteiger partial charge in [0.2, 0.25) is 0 Å². The minimum Gasteiger partial charge on any atom is -0.490 e. The first-order valence-electron chi connectivity index (χ1n) is 11.3. The van der Waals surface area contributed by atoms with Crippen molar-refractivity contribution in [2.75, 3.05) is 13.2 Å². The molecule has 0 fully saturated rings. The second kappa shape index (κ2) is 10.5. The van der Waals surface area contributed by atoms with Crippen molar-refractivity contribution in [1.29, 1.82) is 0 Å². The molecule has 0 atom stereocenters. The zero-order valence-electron chi connectivity index (χ0n) is 19.0. The Hall–Kier alpha value is -4.65. The Balaban J connectivity index is 1.24. The van der Waals surface area contributed by atoms with Crippen LogP contribution in [0, 0.1) is 0 Å². The largest absolute Gasteiger partial charge is 0.490 e. The van der Waals surface area contributed by atoms with Crippen LogP contribution in [0.4, 0.5) is 0 Å². The molecule has 0 spiro atoms. The lowest BCUT2D eigenvalue weighted by Gasteiger charge is -2.10. The van der Waals surface area contributed by atoms with Crippen molar-refractivity contribution in [3.05, 3.63) is 115 Å². The Bertz CT molecular complexity index is 1420. The van der Waals surface area contributed by atoms with E-state index in [1.54, 1.807) is 30.9 Å². The molecule has 5 aromatic rings. The van der Waals surface area contributed by atoms with Crippen LogP contribution in [0.3, 0.4) is 0 Å². The van der Waals surface area contributed by atoms with E-state index in [0.717, 1.165) is 33.8 Å². The highest BCUT2D eigenvalue weighted by atomic mass is 16.5. The number of amides is 1. The SMILES string of the molecule is O=C(NCc1cccnc1)c1ccc2c(c1)ncn2-c1cccc(OCCOc2ccccc2)c1. The quantitative estimate of drug-likeness (QED) is 0.317. The number of fused-ring (bicyclic) bond motifs is 1. The highest BCUT2D eigenvalue weighted by molar-refractivity contribution is 5.97. The number of carbonyl (C=O) groups is 1. The van der Waals surface area contributed by atoms with E-state index in [-0.39, 0.29) is 5.91 Å². The van der Waals surface area contributed by atoms with E-state index in [4.69, 9.17) is 9.47 Å². The summed E-state index contributed by atoms with van der Waals surface area (Å²) in [6, 6.07) is 26.7. The molecule has 0 bridgehead atoms. The maximum absolute atomic E-state index is 12.6. The molecule has 0 aliphatic rings. The Morgan fingerprint density at radius 3 is 2.51 bits per heavy atom. The lowest BCUT2D eigenvalue weighted by Crippen LogP contribution is -2.22. The van der Waals surface area contributed by atoms with Gasteiger partial charge in [0.05, 0.1) is 16.7 Å². The number of aromatic nitrogens is 3. The predicted octanol–water partition coefficient (Wildman–Crippen LogP) is 4.81. The van der Waals surface area contributed by atoms with E-state index >= 15 is 0 Å². The standard InChI is InChI=1S/C28H24N4O3/c33-28(30-19-21-6-5-13-29-18-21)22-11-12-27-26(16-22)31-20-32(27)23-7-4-10-25(17-23)35-15-14-34-24-8-2-1-3-9-24/h1-13,16-18,20H,14-15,19H2,(H,30,33). The number of rotatable bonds is 9. The second-order valence-corrected chi connectivity index (χ2v) is 7.87. The van der Waals surface area contributed by atoms with Gasteiger partial charge in [-0.25, -0.2) is 4.98 Å². The molecule has 174 valence electrons. The summed E-state index contributed by atoms with van der Waals surface area (Å²) in [5.41, 5.74) is 4.06. The van der Waals surface area contributed by atoms with Gasteiger partial charge >= 0.3 is 0 Å². The maximum Gasteiger partial charge on any atom is 0.251 e. The first kappa shape index (κ1) is 22.2. The van der Waals surface area contributed by atoms with E-state index in [2.05, 4.69) is 15.3 Å². The Morgan fingerprint density at radius 1 is 0.857 bits per heavy atom. The molecule has 0 aliphatic heterocycles. The van der Waals surface area contributed by atoms with E-state index in [9.17, 15) is 4.79 Å². The Kier molecular flexibility index (Phi) is 6.66. The van der Waals surface area contributed by atoms with Crippen LogP contribution in [-0.2, 0) is 6.54 Å². The van der Waals surface area contributed by atoms with Gasteiger partial charge in [-0.05, 0) is 54.1 Å². The van der Waals surface area contributed by atoms with Crippen LogP contribution in [-0.4, -0.2) is 33.7 Å². The summed E-state index contributed by atoms with van der Waals surface area (Å²) in [5, 5.41) is 2.92. The van der Waals surface area contributed by atoms with E-state index in [1.807, 2.05) is 77.4 Å². The van der Waals surface area contributed by atoms with Crippen molar-refractivity contribution in [3.63, 3.8) is 0 Å². The second-order valence-electron chi connectivity index (χ2n) is 7.87. The smallest absolute Gasteiger partial charge is 0.251 e. The molecule has 7 nitrogen and oxygen atoms in total. The van der Waals surface area contributed by atoms with Crippen LogP contribution < -0.4 is 14.8 Å². The summed E-state index contributed by atoms with van der Waals surface area (Å²) >= 11 is 0. The fourth-order valence-electron chi connectivity index (χ4n) is 3.71. The number of imidazole rings is 1. The van der Waals surface area contributed by atoms with Crippen LogP contribution in [0.1, 0.15) is 15.9 Å². The molecule has 0 saturated heterocycles. The van der Waals surface area contributed by atoms with E-state index in [1.165, 1.54) is 0 Å². The fourth-order valence-corrected chi connectivity index (χ4v) is 3.71. The number of benzene rings is 3. The number of pyridine rings is 1. The third-order valence-corrected chi connectivity index (χ3v) is 5.45. The van der Waals surface area contributed by atoms with Gasteiger partial charge in [-0.1, -0.05) is 30.3 Å². The zero-order chi connectivity index (χ0) is 23.9. The number of hydrogen-bond acceptors (Lipinski definition) is 5. The van der Waals surface area contributed by atoms with Gasteiger partial charge in [0.25, 0.3) is 5.91 Å². The van der Waals surface area contributed by atoms with Gasteiger partial charge in [0, 0.05) is 30.6 Å². The fraction of sp³-hybridized carbons (Fsp3) is 0.107. The topological polar surface area (TPSA) is 78.3 Å². The molecule has 1 amide bonds. The minimum absolute atomic E-state index is 0.154. The van der Waals surface area contributed by atoms with Crippen LogP contribution >= 0.6 is 0 Å². The van der Waals surface area contributed by atoms with Gasteiger partial charge in [0.15, 0.2) is 0 Å². The Labute approximate surface area is 203 Å². The average molecular weight is 465 g/mol. The molecule has 7 heteroatoms. The van der Waals surface area contributed by atoms with E-state index < -0.39 is 0 Å². The molecular weight excluding hydrogens is 440 g/mol. The zero-order valence-corrected chi connectivity index (χ0v) is 19.0. The summed E-state index contributed by atoms with van der Waals surface area (Å²) in [5.74, 6) is 1.41. The lowest BCUT2D eigenvalue weighted by atomic mass is 10.1. The molecule has 0 saturated carbocycles. The molecule has 0 radical (unpaired) electrons. The minimum atomic E-state index is -0.154. The van der Waals surface area contributed by atoms with Gasteiger partial charge < -0.3 is 14.8 Å². The number of ether oxygens (including phenoxy) is 2. The van der Waals surface area contributed by atoms with Crippen molar-refractivity contribution in [1.82, 2.24) is 19.9 Å². The maximum atomic E-state index is 12.6. The summed E-state index contributed by atoms with van der Waals surface area (Å²) in [7, 11) is 0. The molecule has 3 aromatic carbocycles. The van der Waals surface area contributed by atoms with Crippen LogP contribution in [0.5, 0.6) is 11.5 Å². The summed E-state index contributed by atoms with van der Waals surface area (Å²) in [6.07, 6.45) is 5.19. The van der Waals surface area contributed by atoms with Gasteiger partial charge in [0.1, 0.15) is 31.0 Å². The highest BCUT2D eigenvalue weighted by Crippen LogP contribution is 2.23. The molecule has 1 N–H and O–H groups in total. The number of carbonyl (C=O) groups excluding carboxylic acids is 1. The summed E-state index contributed by atoms with van der Waals surface area (Å²) < 4.78 is 13.5. The van der Waals surface area contributed by atoms with Crippen molar-refractivity contribution in [2.45, 2.75) is 6.54 Å². The van der Waals surface area contributed by atoms with Crippen molar-refractivity contribution in [3.8, 4) is 17.2 Å². The predicted molar refractivity (Wildman–Crippen MR) is 134 cm³/mol. The number of hydrogen-bond donors (Lipinski definition) is 1. The number of nitrogens with zero attached hydrogens (tertiary/aromatic N) is 3. The molecule has 2 aromatic heterocycles. The third-order valence-electron chi connectivity index (χ3n) is 5.45. The number of para-hydroxylation sites is 1. The molecule has 5 rings (SSSR count). The van der Waals surface area contributed by atoms with Crippen LogP contribution in [0.15, 0.2) is 104 Å². The molecule has 0 aliphatic carbocycles. The summed E-state index contributed by atoms with van der Waals surface area (Å²) in [6.45, 7) is 1.30. The van der Waals surface area contributed by atoms with Crippen molar-refractivity contribution in [2.24, 2.45) is 0 Å². The van der Waals surface area contributed by atoms with Crippen molar-refractivity contribution < 1.29 is 14.3 Å². The highest BCUT2D eigenvalue weighted by Gasteiger charge is 2.11. The molecule has 35 heavy (non-hydrogen) atoms. The third kappa shape index (κ3) is 5.47. The average Bonchev–Trinajstić information content (AvgIpc) is 3.34. The lowest BCUT2D eigenvalue weighted by molar-refractivity contribution is 0.0951. The molecular formula is C28H24N4O3. The van der Waals surface area contributed by atoms with E-state index in [0.29, 0.717) is 25.3 Å². The van der Waals surface area contributed by atoms with Crippen molar-refractivity contribution >= 4 is 16.9 Å². The normalized spacial score (nSPS) is 10.7. The molecule has 0 unspecified atom stereocenters. The summed E-state index contributed by atoms with van der Waals surface area (Å²) in [4.78, 5) is 21.2. The molecule has 2 heterocycles. The first-order valence-corrected chi connectivity index (χ1v) is 11.3. The monoisotopic (exact) mass is 464 g/mol. The van der Waals surface area contributed by atoms with Crippen LogP contribution in [0.2, 0.25) is 0 Å². The van der Waals surface area contributed by atoms with Gasteiger partial charge in [-0.2, -0.15) is 0 Å². The van der Waals surface area contributed by atoms with Gasteiger partial charge in [-0.15, -0.1) is 0 Å². The van der Waals surface area contributed by atoms with Crippen LogP contribution in [0.25, 0.3) is 16.7 Å². The van der Waals surface area contributed by atoms with Gasteiger partial charge in [-0.3, -0.25) is 14.3 Å². The number of nitrogens with one attached hydrogen (secondary N) is 1.